The monoisotopic (exact) mass is 280 g/mol. The third kappa shape index (κ3) is 3.98. The molecular formula is C18H36N2. The first kappa shape index (κ1) is 16.3. The predicted octanol–water partition coefficient (Wildman–Crippen LogP) is 4.05. The second kappa shape index (κ2) is 6.79. The molecule has 0 bridgehead atoms. The smallest absolute Gasteiger partial charge is 0.00966 e. The van der Waals surface area contributed by atoms with Gasteiger partial charge in [0, 0.05) is 18.1 Å². The van der Waals surface area contributed by atoms with Crippen LogP contribution in [0.25, 0.3) is 0 Å². The van der Waals surface area contributed by atoms with E-state index in [0.29, 0.717) is 5.41 Å². The van der Waals surface area contributed by atoms with Crippen LogP contribution in [0.15, 0.2) is 0 Å². The molecule has 1 saturated carbocycles. The summed E-state index contributed by atoms with van der Waals surface area (Å²) < 4.78 is 0. The van der Waals surface area contributed by atoms with Gasteiger partial charge >= 0.3 is 0 Å². The molecule has 1 aliphatic heterocycles. The maximum atomic E-state index is 3.97. The van der Waals surface area contributed by atoms with Gasteiger partial charge in [0.25, 0.3) is 0 Å². The Morgan fingerprint density at radius 2 is 1.70 bits per heavy atom. The van der Waals surface area contributed by atoms with Crippen LogP contribution in [0.2, 0.25) is 0 Å². The fraction of sp³-hybridized carbons (Fsp3) is 1.00. The fourth-order valence-electron chi connectivity index (χ4n) is 4.10. The Hall–Kier alpha value is -0.0800. The van der Waals surface area contributed by atoms with Crippen molar-refractivity contribution in [3.8, 4) is 0 Å². The standard InChI is InChI=1S/C18H36N2/c1-6-18(3,4)15-7-9-16(10-8-15)19-17-11-12-20(5)14(2)13-17/h14-17,19H,6-13H2,1-5H3. The lowest BCUT2D eigenvalue weighted by molar-refractivity contribution is 0.119. The number of rotatable bonds is 4. The van der Waals surface area contributed by atoms with E-state index in [9.17, 15) is 0 Å². The molecule has 20 heavy (non-hydrogen) atoms. The summed E-state index contributed by atoms with van der Waals surface area (Å²) in [6.45, 7) is 10.9. The molecule has 1 saturated heterocycles. The molecule has 2 heteroatoms. The fourth-order valence-corrected chi connectivity index (χ4v) is 4.10. The summed E-state index contributed by atoms with van der Waals surface area (Å²) in [4.78, 5) is 2.50. The van der Waals surface area contributed by atoms with Crippen molar-refractivity contribution in [2.24, 2.45) is 11.3 Å². The molecule has 2 atom stereocenters. The van der Waals surface area contributed by atoms with Gasteiger partial charge in [0.15, 0.2) is 0 Å². The summed E-state index contributed by atoms with van der Waals surface area (Å²) in [6, 6.07) is 2.30. The number of hydrogen-bond acceptors (Lipinski definition) is 2. The van der Waals surface area contributed by atoms with Gasteiger partial charge in [0.05, 0.1) is 0 Å². The average molecular weight is 280 g/mol. The van der Waals surface area contributed by atoms with Crippen molar-refractivity contribution >= 4 is 0 Å². The molecule has 0 aromatic carbocycles. The van der Waals surface area contributed by atoms with Crippen LogP contribution in [0.4, 0.5) is 0 Å². The molecule has 0 aromatic heterocycles. The molecule has 1 aliphatic carbocycles. The number of likely N-dealkylation sites (tertiary alicyclic amines) is 1. The van der Waals surface area contributed by atoms with E-state index in [4.69, 9.17) is 0 Å². The first-order valence-electron chi connectivity index (χ1n) is 8.88. The van der Waals surface area contributed by atoms with Gasteiger partial charge in [0.1, 0.15) is 0 Å². The van der Waals surface area contributed by atoms with E-state index in [0.717, 1.165) is 24.0 Å². The molecular weight excluding hydrogens is 244 g/mol. The molecule has 0 aromatic rings. The van der Waals surface area contributed by atoms with Gasteiger partial charge in [-0.05, 0) is 70.4 Å². The van der Waals surface area contributed by atoms with E-state index in [1.54, 1.807) is 0 Å². The zero-order valence-corrected chi connectivity index (χ0v) is 14.4. The quantitative estimate of drug-likeness (QED) is 0.835. The summed E-state index contributed by atoms with van der Waals surface area (Å²) in [5.41, 5.74) is 0.549. The largest absolute Gasteiger partial charge is 0.311 e. The minimum Gasteiger partial charge on any atom is -0.311 e. The Labute approximate surface area is 126 Å². The van der Waals surface area contributed by atoms with Crippen LogP contribution >= 0.6 is 0 Å². The van der Waals surface area contributed by atoms with Crippen LogP contribution in [0.5, 0.6) is 0 Å². The molecule has 0 amide bonds. The second-order valence-electron chi connectivity index (χ2n) is 8.11. The number of hydrogen-bond donors (Lipinski definition) is 1. The lowest BCUT2D eigenvalue weighted by atomic mass is 9.69. The van der Waals surface area contributed by atoms with Crippen LogP contribution in [0, 0.1) is 11.3 Å². The van der Waals surface area contributed by atoms with Gasteiger partial charge in [-0.2, -0.15) is 0 Å². The highest BCUT2D eigenvalue weighted by Crippen LogP contribution is 2.40. The van der Waals surface area contributed by atoms with Crippen molar-refractivity contribution in [1.82, 2.24) is 10.2 Å². The third-order valence-corrected chi connectivity index (χ3v) is 6.42. The molecule has 1 N–H and O–H groups in total. The molecule has 2 aliphatic rings. The summed E-state index contributed by atoms with van der Waals surface area (Å²) in [5.74, 6) is 0.946. The summed E-state index contributed by atoms with van der Waals surface area (Å²) in [6.07, 6.45) is 9.64. The van der Waals surface area contributed by atoms with E-state index in [1.165, 1.54) is 51.5 Å². The van der Waals surface area contributed by atoms with E-state index >= 15 is 0 Å². The molecule has 0 spiro atoms. The van der Waals surface area contributed by atoms with E-state index < -0.39 is 0 Å². The van der Waals surface area contributed by atoms with Gasteiger partial charge in [-0.1, -0.05) is 27.2 Å². The highest BCUT2D eigenvalue weighted by atomic mass is 15.1. The third-order valence-electron chi connectivity index (χ3n) is 6.42. The van der Waals surface area contributed by atoms with Gasteiger partial charge in [0.2, 0.25) is 0 Å². The molecule has 2 fully saturated rings. The molecule has 2 rings (SSSR count). The van der Waals surface area contributed by atoms with Gasteiger partial charge in [-0.3, -0.25) is 0 Å². The Balaban J connectivity index is 1.75. The number of piperidine rings is 1. The van der Waals surface area contributed by atoms with Crippen molar-refractivity contribution in [2.75, 3.05) is 13.6 Å². The number of nitrogens with one attached hydrogen (secondary N) is 1. The zero-order valence-electron chi connectivity index (χ0n) is 14.4. The van der Waals surface area contributed by atoms with Gasteiger partial charge in [-0.25, -0.2) is 0 Å². The minimum atomic E-state index is 0.549. The summed E-state index contributed by atoms with van der Waals surface area (Å²) in [5, 5.41) is 3.97. The van der Waals surface area contributed by atoms with Crippen molar-refractivity contribution in [2.45, 2.75) is 90.8 Å². The van der Waals surface area contributed by atoms with Gasteiger partial charge in [-0.15, -0.1) is 0 Å². The lowest BCUT2D eigenvalue weighted by Crippen LogP contribution is -2.49. The van der Waals surface area contributed by atoms with Gasteiger partial charge < -0.3 is 10.2 Å². The van der Waals surface area contributed by atoms with Crippen LogP contribution in [0.3, 0.4) is 0 Å². The van der Waals surface area contributed by atoms with Crippen LogP contribution in [-0.4, -0.2) is 36.6 Å². The molecule has 2 nitrogen and oxygen atoms in total. The van der Waals surface area contributed by atoms with Crippen molar-refractivity contribution < 1.29 is 0 Å². The highest BCUT2D eigenvalue weighted by Gasteiger charge is 2.33. The first-order chi connectivity index (χ1) is 9.42. The molecule has 1 heterocycles. The van der Waals surface area contributed by atoms with E-state index in [2.05, 4.69) is 45.0 Å². The maximum absolute atomic E-state index is 3.97. The van der Waals surface area contributed by atoms with Crippen LogP contribution in [0.1, 0.15) is 72.6 Å². The Morgan fingerprint density at radius 3 is 2.25 bits per heavy atom. The Kier molecular flexibility index (Phi) is 5.53. The van der Waals surface area contributed by atoms with Crippen molar-refractivity contribution in [1.29, 1.82) is 0 Å². The SMILES string of the molecule is CCC(C)(C)C1CCC(NC2CCN(C)C(C)C2)CC1. The highest BCUT2D eigenvalue weighted by molar-refractivity contribution is 4.88. The van der Waals surface area contributed by atoms with E-state index in [1.807, 2.05) is 0 Å². The minimum absolute atomic E-state index is 0.549. The average Bonchev–Trinajstić information content (AvgIpc) is 2.43. The second-order valence-corrected chi connectivity index (χ2v) is 8.11. The topological polar surface area (TPSA) is 15.3 Å². The Morgan fingerprint density at radius 1 is 1.05 bits per heavy atom. The summed E-state index contributed by atoms with van der Waals surface area (Å²) in [7, 11) is 2.26. The predicted molar refractivity (Wildman–Crippen MR) is 88.1 cm³/mol. The molecule has 2 unspecified atom stereocenters. The van der Waals surface area contributed by atoms with E-state index in [-0.39, 0.29) is 0 Å². The van der Waals surface area contributed by atoms with Crippen LogP contribution in [-0.2, 0) is 0 Å². The Bertz CT molecular complexity index is 292. The number of nitrogens with zero attached hydrogens (tertiary/aromatic N) is 1. The molecule has 118 valence electrons. The lowest BCUT2D eigenvalue weighted by Gasteiger charge is -2.42. The first-order valence-corrected chi connectivity index (χ1v) is 8.88. The van der Waals surface area contributed by atoms with Crippen molar-refractivity contribution in [3.63, 3.8) is 0 Å². The summed E-state index contributed by atoms with van der Waals surface area (Å²) >= 11 is 0. The van der Waals surface area contributed by atoms with Crippen LogP contribution < -0.4 is 5.32 Å². The van der Waals surface area contributed by atoms with Crippen molar-refractivity contribution in [3.05, 3.63) is 0 Å². The molecule has 0 radical (unpaired) electrons. The normalized spacial score (nSPS) is 37.0. The zero-order chi connectivity index (χ0) is 14.8. The maximum Gasteiger partial charge on any atom is 0.00966 e.